The topological polar surface area (TPSA) is 18.5 Å². The van der Waals surface area contributed by atoms with Gasteiger partial charge in [-0.2, -0.15) is 0 Å². The molecule has 1 atom stereocenters. The minimum absolute atomic E-state index is 0.569. The van der Waals surface area contributed by atoms with Gasteiger partial charge in [0.2, 0.25) is 0 Å². The average Bonchev–Trinajstić information content (AvgIpc) is 2.30. The monoisotopic (exact) mass is 194 g/mol. The first-order valence-corrected chi connectivity index (χ1v) is 5.49. The van der Waals surface area contributed by atoms with Gasteiger partial charge >= 0.3 is 0 Å². The Labute approximate surface area is 85.6 Å². The van der Waals surface area contributed by atoms with Gasteiger partial charge in [-0.1, -0.05) is 13.0 Å². The Bertz CT molecular complexity index is 253. The molecule has 0 amide bonds. The molecule has 0 aromatic carbocycles. The van der Waals surface area contributed by atoms with Gasteiger partial charge in [-0.05, 0) is 36.8 Å². The number of hydrogen-bond acceptors (Lipinski definition) is 2. The highest BCUT2D eigenvalue weighted by molar-refractivity contribution is 5.30. The van der Waals surface area contributed by atoms with E-state index in [-0.39, 0.29) is 0 Å². The molecule has 0 radical (unpaired) electrons. The maximum absolute atomic E-state index is 5.71. The summed E-state index contributed by atoms with van der Waals surface area (Å²) in [5.74, 6) is 1.67. The third-order valence-corrected chi connectivity index (χ3v) is 2.86. The first-order chi connectivity index (χ1) is 6.88. The Balaban J connectivity index is 2.13. The maximum atomic E-state index is 5.71. The highest BCUT2D eigenvalue weighted by Gasteiger charge is 2.18. The van der Waals surface area contributed by atoms with Crippen LogP contribution in [0.1, 0.15) is 26.2 Å². The molecule has 0 spiro atoms. The summed E-state index contributed by atoms with van der Waals surface area (Å²) in [6.45, 7) is 4.52. The van der Waals surface area contributed by atoms with Crippen LogP contribution in [0.15, 0.2) is 23.5 Å². The number of fused-ring (bicyclic) bond motifs is 1. The molecule has 1 heterocycles. The molecule has 1 aliphatic heterocycles. The van der Waals surface area contributed by atoms with Crippen LogP contribution < -0.4 is 0 Å². The lowest BCUT2D eigenvalue weighted by Gasteiger charge is -2.20. The molecule has 1 fully saturated rings. The Hall–Kier alpha value is -0.760. The van der Waals surface area contributed by atoms with Gasteiger partial charge in [0, 0.05) is 6.61 Å². The average molecular weight is 194 g/mol. The van der Waals surface area contributed by atoms with Crippen molar-refractivity contribution >= 4 is 0 Å². The standard InChI is InChI=1S/C12H18O2/c1-10-6-7-13-8-9-14-12-5-3-2-4-11(10)12/h4-5,10H,2-3,6-9H2,1H3. The fourth-order valence-electron chi connectivity index (χ4n) is 1.99. The third kappa shape index (κ3) is 2.18. The minimum atomic E-state index is 0.569. The Morgan fingerprint density at radius 1 is 1.14 bits per heavy atom. The zero-order valence-electron chi connectivity index (χ0n) is 8.79. The second-order valence-corrected chi connectivity index (χ2v) is 3.96. The van der Waals surface area contributed by atoms with Crippen molar-refractivity contribution < 1.29 is 9.47 Å². The Morgan fingerprint density at radius 3 is 2.93 bits per heavy atom. The fourth-order valence-corrected chi connectivity index (χ4v) is 1.99. The van der Waals surface area contributed by atoms with Crippen molar-refractivity contribution in [3.8, 4) is 0 Å². The summed E-state index contributed by atoms with van der Waals surface area (Å²) in [5.41, 5.74) is 1.39. The first-order valence-electron chi connectivity index (χ1n) is 5.49. The summed E-state index contributed by atoms with van der Waals surface area (Å²) >= 11 is 0. The third-order valence-electron chi connectivity index (χ3n) is 2.86. The van der Waals surface area contributed by atoms with Crippen molar-refractivity contribution in [1.29, 1.82) is 0 Å². The lowest BCUT2D eigenvalue weighted by atomic mass is 9.92. The van der Waals surface area contributed by atoms with E-state index < -0.39 is 0 Å². The van der Waals surface area contributed by atoms with Crippen LogP contribution in [-0.2, 0) is 9.47 Å². The van der Waals surface area contributed by atoms with Gasteiger partial charge < -0.3 is 9.47 Å². The molecule has 14 heavy (non-hydrogen) atoms. The molecule has 2 heteroatoms. The largest absolute Gasteiger partial charge is 0.491 e. The van der Waals surface area contributed by atoms with Crippen LogP contribution in [0.4, 0.5) is 0 Å². The van der Waals surface area contributed by atoms with Crippen LogP contribution in [-0.4, -0.2) is 19.8 Å². The molecule has 0 aromatic rings. The molecule has 78 valence electrons. The number of ether oxygens (including phenoxy) is 2. The molecule has 0 N–H and O–H groups in total. The highest BCUT2D eigenvalue weighted by atomic mass is 16.5. The second kappa shape index (κ2) is 4.65. The summed E-state index contributed by atoms with van der Waals surface area (Å²) in [5, 5.41) is 0. The quantitative estimate of drug-likeness (QED) is 0.590. The van der Waals surface area contributed by atoms with Crippen LogP contribution in [0.2, 0.25) is 0 Å². The minimum Gasteiger partial charge on any atom is -0.491 e. The van der Waals surface area contributed by atoms with Crippen molar-refractivity contribution in [3.63, 3.8) is 0 Å². The SMILES string of the molecule is CC1CCOCCOC2=CCCC=C21. The van der Waals surface area contributed by atoms with Crippen molar-refractivity contribution in [2.45, 2.75) is 26.2 Å². The van der Waals surface area contributed by atoms with E-state index in [1.54, 1.807) is 0 Å². The van der Waals surface area contributed by atoms with Crippen LogP contribution >= 0.6 is 0 Å². The van der Waals surface area contributed by atoms with E-state index in [0.29, 0.717) is 12.5 Å². The lowest BCUT2D eigenvalue weighted by molar-refractivity contribution is 0.0814. The lowest BCUT2D eigenvalue weighted by Crippen LogP contribution is -2.08. The first kappa shape index (κ1) is 9.78. The molecule has 0 aromatic heterocycles. The second-order valence-electron chi connectivity index (χ2n) is 3.96. The molecule has 1 aliphatic carbocycles. The smallest absolute Gasteiger partial charge is 0.118 e. The molecule has 1 saturated heterocycles. The van der Waals surface area contributed by atoms with E-state index in [1.807, 2.05) is 0 Å². The Morgan fingerprint density at radius 2 is 2.00 bits per heavy atom. The van der Waals surface area contributed by atoms with Gasteiger partial charge in [-0.3, -0.25) is 0 Å². The molecular formula is C12H18O2. The summed E-state index contributed by atoms with van der Waals surface area (Å²) in [6.07, 6.45) is 7.93. The molecule has 1 unspecified atom stereocenters. The van der Waals surface area contributed by atoms with E-state index in [0.717, 1.165) is 38.2 Å². The van der Waals surface area contributed by atoms with Crippen molar-refractivity contribution in [2.75, 3.05) is 19.8 Å². The summed E-state index contributed by atoms with van der Waals surface area (Å²) < 4.78 is 11.2. The van der Waals surface area contributed by atoms with Gasteiger partial charge in [0.1, 0.15) is 12.4 Å². The van der Waals surface area contributed by atoms with Gasteiger partial charge in [0.25, 0.3) is 0 Å². The summed E-state index contributed by atoms with van der Waals surface area (Å²) in [6, 6.07) is 0. The van der Waals surface area contributed by atoms with Crippen LogP contribution in [0.25, 0.3) is 0 Å². The van der Waals surface area contributed by atoms with Gasteiger partial charge in [-0.15, -0.1) is 0 Å². The molecule has 2 aliphatic rings. The number of hydrogen-bond donors (Lipinski definition) is 0. The predicted octanol–water partition coefficient (Wildman–Crippen LogP) is 2.66. The Kier molecular flexibility index (Phi) is 3.25. The maximum Gasteiger partial charge on any atom is 0.118 e. The normalized spacial score (nSPS) is 28.5. The van der Waals surface area contributed by atoms with E-state index in [2.05, 4.69) is 19.1 Å². The summed E-state index contributed by atoms with van der Waals surface area (Å²) in [7, 11) is 0. The molecule has 2 rings (SSSR count). The van der Waals surface area contributed by atoms with Gasteiger partial charge in [0.15, 0.2) is 0 Å². The number of allylic oxidation sites excluding steroid dienone is 3. The molecular weight excluding hydrogens is 176 g/mol. The van der Waals surface area contributed by atoms with E-state index in [9.17, 15) is 0 Å². The van der Waals surface area contributed by atoms with Crippen molar-refractivity contribution in [3.05, 3.63) is 23.5 Å². The zero-order chi connectivity index (χ0) is 9.80. The van der Waals surface area contributed by atoms with Crippen molar-refractivity contribution in [1.82, 2.24) is 0 Å². The van der Waals surface area contributed by atoms with Gasteiger partial charge in [0.05, 0.1) is 6.61 Å². The number of rotatable bonds is 0. The van der Waals surface area contributed by atoms with Crippen LogP contribution in [0.5, 0.6) is 0 Å². The van der Waals surface area contributed by atoms with Crippen LogP contribution in [0.3, 0.4) is 0 Å². The highest BCUT2D eigenvalue weighted by Crippen LogP contribution is 2.29. The molecule has 2 nitrogen and oxygen atoms in total. The van der Waals surface area contributed by atoms with E-state index >= 15 is 0 Å². The predicted molar refractivity (Wildman–Crippen MR) is 56.0 cm³/mol. The zero-order valence-corrected chi connectivity index (χ0v) is 8.79. The molecule has 0 saturated carbocycles. The summed E-state index contributed by atoms with van der Waals surface area (Å²) in [4.78, 5) is 0. The molecule has 0 bridgehead atoms. The van der Waals surface area contributed by atoms with E-state index in [1.165, 1.54) is 5.57 Å². The van der Waals surface area contributed by atoms with Crippen LogP contribution in [0, 0.1) is 5.92 Å². The van der Waals surface area contributed by atoms with Gasteiger partial charge in [-0.25, -0.2) is 0 Å². The van der Waals surface area contributed by atoms with Crippen molar-refractivity contribution in [2.24, 2.45) is 5.92 Å². The fraction of sp³-hybridized carbons (Fsp3) is 0.667. The van der Waals surface area contributed by atoms with E-state index in [4.69, 9.17) is 9.47 Å².